The van der Waals surface area contributed by atoms with Gasteiger partial charge in [-0.25, -0.2) is 0 Å². The van der Waals surface area contributed by atoms with Crippen molar-refractivity contribution in [3.8, 4) is 0 Å². The summed E-state index contributed by atoms with van der Waals surface area (Å²) in [5.41, 5.74) is 0. The molecule has 0 aromatic carbocycles. The number of aliphatic hydroxyl groups is 2. The molecule has 0 saturated heterocycles. The second-order valence-electron chi connectivity index (χ2n) is 22.5. The van der Waals surface area contributed by atoms with E-state index < -0.39 is 12.1 Å². The van der Waals surface area contributed by atoms with Gasteiger partial charge in [0.2, 0.25) is 5.91 Å². The first-order valence-corrected chi connectivity index (χ1v) is 32.9. The van der Waals surface area contributed by atoms with E-state index in [9.17, 15) is 15.0 Å². The molecule has 0 aliphatic heterocycles. The van der Waals surface area contributed by atoms with Crippen LogP contribution in [0.3, 0.4) is 0 Å². The van der Waals surface area contributed by atoms with Crippen molar-refractivity contribution in [1.82, 2.24) is 5.32 Å². The van der Waals surface area contributed by atoms with Crippen molar-refractivity contribution in [2.45, 2.75) is 373 Å². The molecule has 0 spiro atoms. The van der Waals surface area contributed by atoms with Crippen LogP contribution in [-0.2, 0) is 4.79 Å². The van der Waals surface area contributed by atoms with E-state index in [0.717, 1.165) is 38.5 Å². The SMILES string of the molecule is CCCCCCCCCCCCC/C=C/CC/C=C/CC/C=C/C(O)C(CO)NC(=O)CCCCCCCCCCCCCCCCCCC/C=C\CCCCCCCCCCCCCCCCCCCC. The summed E-state index contributed by atoms with van der Waals surface area (Å²) in [6.45, 7) is 4.33. The average molecular weight is 1010 g/mol. The first kappa shape index (κ1) is 70.3. The Hall–Kier alpha value is -1.65. The molecule has 0 aliphatic rings. The summed E-state index contributed by atoms with van der Waals surface area (Å²) in [7, 11) is 0. The fraction of sp³-hybridized carbons (Fsp3) is 0.868. The topological polar surface area (TPSA) is 69.6 Å². The lowest BCUT2D eigenvalue weighted by atomic mass is 10.0. The third kappa shape index (κ3) is 59.2. The Morgan fingerprint density at radius 2 is 0.542 bits per heavy atom. The van der Waals surface area contributed by atoms with Crippen LogP contribution in [0.5, 0.6) is 0 Å². The predicted molar refractivity (Wildman–Crippen MR) is 322 cm³/mol. The van der Waals surface area contributed by atoms with Crippen LogP contribution >= 0.6 is 0 Å². The smallest absolute Gasteiger partial charge is 0.220 e. The molecule has 0 bridgehead atoms. The number of hydrogen-bond donors (Lipinski definition) is 3. The summed E-state index contributed by atoms with van der Waals surface area (Å²) in [5, 5.41) is 23.2. The Kier molecular flexibility index (Phi) is 62.2. The lowest BCUT2D eigenvalue weighted by molar-refractivity contribution is -0.123. The highest BCUT2D eigenvalue weighted by atomic mass is 16.3. The van der Waals surface area contributed by atoms with Crippen LogP contribution in [0.25, 0.3) is 0 Å². The molecule has 4 heteroatoms. The number of hydrogen-bond acceptors (Lipinski definition) is 3. The molecule has 2 unspecified atom stereocenters. The van der Waals surface area contributed by atoms with Crippen molar-refractivity contribution >= 4 is 5.91 Å². The molecule has 2 atom stereocenters. The highest BCUT2D eigenvalue weighted by molar-refractivity contribution is 5.76. The van der Waals surface area contributed by atoms with E-state index >= 15 is 0 Å². The van der Waals surface area contributed by atoms with Gasteiger partial charge in [0.1, 0.15) is 0 Å². The average Bonchev–Trinajstić information content (AvgIpc) is 3.39. The lowest BCUT2D eigenvalue weighted by Crippen LogP contribution is -2.45. The van der Waals surface area contributed by atoms with Gasteiger partial charge in [-0.2, -0.15) is 0 Å². The van der Waals surface area contributed by atoms with Crippen molar-refractivity contribution in [2.75, 3.05) is 6.61 Å². The molecule has 0 rings (SSSR count). The standard InChI is InChI=1S/C68H129NO3/c1-3-5-7-9-11-13-15-17-19-21-23-25-26-27-28-29-30-31-32-33-34-35-36-37-38-39-40-41-42-44-46-48-50-52-54-56-58-60-62-64-68(72)69-66(65-70)67(71)63-61-59-57-55-53-51-49-47-45-43-24-22-20-18-16-14-12-10-8-6-4-2/h33-34,45,47,53,55,61,63,66-67,70-71H,3-32,35-44,46,48-52,54,56-60,62,64-65H2,1-2H3,(H,69,72)/b34-33-,47-45+,55-53+,63-61+. The van der Waals surface area contributed by atoms with Gasteiger partial charge < -0.3 is 15.5 Å². The molecular weight excluding hydrogens is 879 g/mol. The number of amides is 1. The van der Waals surface area contributed by atoms with E-state index in [0.29, 0.717) is 6.42 Å². The van der Waals surface area contributed by atoms with Gasteiger partial charge in [0.15, 0.2) is 0 Å². The van der Waals surface area contributed by atoms with Gasteiger partial charge in [-0.05, 0) is 70.6 Å². The fourth-order valence-electron chi connectivity index (χ4n) is 10.3. The van der Waals surface area contributed by atoms with Crippen LogP contribution in [0.1, 0.15) is 361 Å². The number of unbranched alkanes of at least 4 members (excludes halogenated alkanes) is 48. The van der Waals surface area contributed by atoms with E-state index in [1.165, 1.54) is 302 Å². The maximum atomic E-state index is 12.5. The number of allylic oxidation sites excluding steroid dienone is 7. The molecule has 0 aromatic heterocycles. The van der Waals surface area contributed by atoms with Gasteiger partial charge in [-0.15, -0.1) is 0 Å². The number of rotatable bonds is 61. The van der Waals surface area contributed by atoms with Gasteiger partial charge in [0, 0.05) is 6.42 Å². The molecule has 0 saturated carbocycles. The molecule has 0 fully saturated rings. The first-order valence-electron chi connectivity index (χ1n) is 32.9. The van der Waals surface area contributed by atoms with E-state index in [1.807, 2.05) is 6.08 Å². The zero-order valence-corrected chi connectivity index (χ0v) is 49.0. The van der Waals surface area contributed by atoms with Crippen LogP contribution in [0.2, 0.25) is 0 Å². The number of aliphatic hydroxyl groups excluding tert-OH is 2. The highest BCUT2D eigenvalue weighted by Gasteiger charge is 2.18. The third-order valence-corrected chi connectivity index (χ3v) is 15.3. The number of nitrogens with one attached hydrogen (secondary N) is 1. The summed E-state index contributed by atoms with van der Waals surface area (Å²) in [4.78, 5) is 12.5. The Morgan fingerprint density at radius 3 is 0.806 bits per heavy atom. The van der Waals surface area contributed by atoms with Crippen molar-refractivity contribution in [1.29, 1.82) is 0 Å². The molecular formula is C68H129NO3. The zero-order valence-electron chi connectivity index (χ0n) is 49.0. The van der Waals surface area contributed by atoms with Crippen molar-refractivity contribution < 1.29 is 15.0 Å². The van der Waals surface area contributed by atoms with E-state index in [4.69, 9.17) is 0 Å². The number of carbonyl (C=O) groups is 1. The first-order chi connectivity index (χ1) is 35.7. The molecule has 3 N–H and O–H groups in total. The summed E-state index contributed by atoms with van der Waals surface area (Å²) < 4.78 is 0. The zero-order chi connectivity index (χ0) is 52.0. The minimum Gasteiger partial charge on any atom is -0.394 e. The number of carbonyl (C=O) groups excluding carboxylic acids is 1. The second-order valence-corrected chi connectivity index (χ2v) is 22.5. The Bertz CT molecular complexity index is 1140. The lowest BCUT2D eigenvalue weighted by Gasteiger charge is -2.19. The molecule has 424 valence electrons. The predicted octanol–water partition coefficient (Wildman–Crippen LogP) is 22.2. The minimum atomic E-state index is -0.871. The van der Waals surface area contributed by atoms with Gasteiger partial charge in [-0.3, -0.25) is 4.79 Å². The van der Waals surface area contributed by atoms with Gasteiger partial charge in [0.05, 0.1) is 18.8 Å². The minimum absolute atomic E-state index is 0.0727. The third-order valence-electron chi connectivity index (χ3n) is 15.3. The van der Waals surface area contributed by atoms with Crippen LogP contribution in [0.15, 0.2) is 48.6 Å². The molecule has 72 heavy (non-hydrogen) atoms. The van der Waals surface area contributed by atoms with Crippen molar-refractivity contribution in [3.63, 3.8) is 0 Å². The fourth-order valence-corrected chi connectivity index (χ4v) is 10.3. The Morgan fingerprint density at radius 1 is 0.319 bits per heavy atom. The van der Waals surface area contributed by atoms with Gasteiger partial charge >= 0.3 is 0 Å². The van der Waals surface area contributed by atoms with Crippen LogP contribution in [-0.4, -0.2) is 34.9 Å². The highest BCUT2D eigenvalue weighted by Crippen LogP contribution is 2.18. The molecule has 1 amide bonds. The Labute approximate surface area is 452 Å². The van der Waals surface area contributed by atoms with Crippen LogP contribution in [0.4, 0.5) is 0 Å². The maximum absolute atomic E-state index is 12.5. The summed E-state index contributed by atoms with van der Waals surface area (Å²) in [5.74, 6) is -0.0727. The summed E-state index contributed by atoms with van der Waals surface area (Å²) in [6, 6.07) is -0.646. The molecule has 0 aromatic rings. The van der Waals surface area contributed by atoms with Gasteiger partial charge in [0.25, 0.3) is 0 Å². The Balaban J connectivity index is 3.44. The molecule has 0 heterocycles. The largest absolute Gasteiger partial charge is 0.394 e. The summed E-state index contributed by atoms with van der Waals surface area (Å²) in [6.07, 6.45) is 89.0. The molecule has 4 nitrogen and oxygen atoms in total. The summed E-state index contributed by atoms with van der Waals surface area (Å²) >= 11 is 0. The van der Waals surface area contributed by atoms with Gasteiger partial charge in [-0.1, -0.05) is 332 Å². The second kappa shape index (κ2) is 63.6. The van der Waals surface area contributed by atoms with Crippen LogP contribution in [0, 0.1) is 0 Å². The quantitative estimate of drug-likeness (QED) is 0.0420. The van der Waals surface area contributed by atoms with Crippen molar-refractivity contribution in [2.24, 2.45) is 0 Å². The van der Waals surface area contributed by atoms with Crippen molar-refractivity contribution in [3.05, 3.63) is 48.6 Å². The van der Waals surface area contributed by atoms with Crippen LogP contribution < -0.4 is 5.32 Å². The van der Waals surface area contributed by atoms with E-state index in [-0.39, 0.29) is 12.5 Å². The van der Waals surface area contributed by atoms with E-state index in [1.54, 1.807) is 6.08 Å². The van der Waals surface area contributed by atoms with E-state index in [2.05, 4.69) is 55.6 Å². The monoisotopic (exact) mass is 1010 g/mol. The molecule has 0 aliphatic carbocycles. The molecule has 0 radical (unpaired) electrons. The maximum Gasteiger partial charge on any atom is 0.220 e. The normalized spacial score (nSPS) is 13.0.